The molecule has 1 aromatic heterocycles. The number of carbonyl (C=O) groups is 3. The maximum atomic E-state index is 11.7. The number of anilines is 1. The number of carboxylic acids is 1. The molecule has 1 fully saturated rings. The van der Waals surface area contributed by atoms with E-state index in [0.717, 1.165) is 12.8 Å². The van der Waals surface area contributed by atoms with Gasteiger partial charge in [-0.15, -0.1) is 0 Å². The van der Waals surface area contributed by atoms with Gasteiger partial charge in [-0.2, -0.15) is 0 Å². The van der Waals surface area contributed by atoms with Gasteiger partial charge in [0.1, 0.15) is 5.69 Å². The van der Waals surface area contributed by atoms with E-state index in [9.17, 15) is 14.4 Å². The SMILES string of the molecule is Cc1cc(NC(=O)NCCC(=O)NC2CC2)c(C(=O)O)[nH]1. The van der Waals surface area contributed by atoms with Gasteiger partial charge in [0, 0.05) is 24.7 Å². The quantitative estimate of drug-likeness (QED) is 0.532. The number of nitrogens with one attached hydrogen (secondary N) is 4. The molecule has 1 aliphatic carbocycles. The summed E-state index contributed by atoms with van der Waals surface area (Å²) in [5, 5.41) is 16.7. The fraction of sp³-hybridized carbons (Fsp3) is 0.462. The van der Waals surface area contributed by atoms with Gasteiger partial charge in [0.15, 0.2) is 0 Å². The van der Waals surface area contributed by atoms with Crippen molar-refractivity contribution in [2.75, 3.05) is 11.9 Å². The lowest BCUT2D eigenvalue weighted by molar-refractivity contribution is -0.121. The van der Waals surface area contributed by atoms with E-state index in [1.165, 1.54) is 6.07 Å². The maximum absolute atomic E-state index is 11.7. The van der Waals surface area contributed by atoms with Crippen LogP contribution < -0.4 is 16.0 Å². The third-order valence-corrected chi connectivity index (χ3v) is 2.99. The summed E-state index contributed by atoms with van der Waals surface area (Å²) in [6.07, 6.45) is 2.23. The van der Waals surface area contributed by atoms with Crippen molar-refractivity contribution < 1.29 is 19.5 Å². The molecule has 1 aromatic rings. The molecule has 3 amide bonds. The van der Waals surface area contributed by atoms with Crippen LogP contribution in [-0.2, 0) is 4.79 Å². The van der Waals surface area contributed by atoms with Crippen LogP contribution in [0.4, 0.5) is 10.5 Å². The van der Waals surface area contributed by atoms with Gasteiger partial charge >= 0.3 is 12.0 Å². The van der Waals surface area contributed by atoms with Gasteiger partial charge in [-0.3, -0.25) is 4.79 Å². The number of aromatic carboxylic acids is 1. The highest BCUT2D eigenvalue weighted by molar-refractivity contribution is 5.99. The van der Waals surface area contributed by atoms with Crippen molar-refractivity contribution in [2.24, 2.45) is 0 Å². The molecule has 0 unspecified atom stereocenters. The number of carboxylic acid groups (broad SMARTS) is 1. The number of amides is 3. The molecule has 0 bridgehead atoms. The van der Waals surface area contributed by atoms with E-state index in [2.05, 4.69) is 20.9 Å². The Morgan fingerprint density at radius 1 is 1.38 bits per heavy atom. The lowest BCUT2D eigenvalue weighted by atomic mass is 10.3. The average Bonchev–Trinajstić information content (AvgIpc) is 3.11. The Kier molecular flexibility index (Phi) is 4.46. The number of urea groups is 1. The van der Waals surface area contributed by atoms with E-state index in [1.54, 1.807) is 6.92 Å². The zero-order chi connectivity index (χ0) is 15.4. The molecule has 0 aliphatic heterocycles. The lowest BCUT2D eigenvalue weighted by Crippen LogP contribution is -2.34. The number of hydrogen-bond donors (Lipinski definition) is 5. The summed E-state index contributed by atoms with van der Waals surface area (Å²) < 4.78 is 0. The van der Waals surface area contributed by atoms with Gasteiger partial charge < -0.3 is 26.0 Å². The first kappa shape index (κ1) is 14.9. The van der Waals surface area contributed by atoms with Crippen molar-refractivity contribution in [2.45, 2.75) is 32.2 Å². The first-order valence-corrected chi connectivity index (χ1v) is 6.73. The fourth-order valence-corrected chi connectivity index (χ4v) is 1.84. The van der Waals surface area contributed by atoms with Crippen molar-refractivity contribution in [3.05, 3.63) is 17.5 Å². The van der Waals surface area contributed by atoms with Crippen LogP contribution in [-0.4, -0.2) is 40.6 Å². The second-order valence-corrected chi connectivity index (χ2v) is 5.02. The predicted molar refractivity (Wildman–Crippen MR) is 75.3 cm³/mol. The molecular formula is C13H18N4O4. The van der Waals surface area contributed by atoms with Gasteiger partial charge in [-0.25, -0.2) is 9.59 Å². The van der Waals surface area contributed by atoms with Crippen LogP contribution in [0.2, 0.25) is 0 Å². The van der Waals surface area contributed by atoms with Gasteiger partial charge in [0.2, 0.25) is 5.91 Å². The Hall–Kier alpha value is -2.51. The van der Waals surface area contributed by atoms with Crippen LogP contribution in [0.5, 0.6) is 0 Å². The predicted octanol–water partition coefficient (Wildman–Crippen LogP) is 0.812. The molecule has 0 aromatic carbocycles. The molecule has 0 atom stereocenters. The van der Waals surface area contributed by atoms with E-state index in [1.807, 2.05) is 0 Å². The molecule has 0 spiro atoms. The number of rotatable bonds is 6. The molecule has 0 radical (unpaired) electrons. The minimum Gasteiger partial charge on any atom is -0.477 e. The van der Waals surface area contributed by atoms with Crippen molar-refractivity contribution in [1.29, 1.82) is 0 Å². The monoisotopic (exact) mass is 294 g/mol. The smallest absolute Gasteiger partial charge is 0.354 e. The number of aromatic nitrogens is 1. The summed E-state index contributed by atoms with van der Waals surface area (Å²) in [6.45, 7) is 1.88. The minimum atomic E-state index is -1.15. The molecule has 1 aliphatic rings. The Bertz CT molecular complexity index is 563. The Morgan fingerprint density at radius 2 is 2.10 bits per heavy atom. The Balaban J connectivity index is 1.76. The normalized spacial score (nSPS) is 13.6. The molecule has 5 N–H and O–H groups in total. The van der Waals surface area contributed by atoms with E-state index in [4.69, 9.17) is 5.11 Å². The van der Waals surface area contributed by atoms with E-state index in [0.29, 0.717) is 11.7 Å². The molecular weight excluding hydrogens is 276 g/mol. The first-order valence-electron chi connectivity index (χ1n) is 6.73. The van der Waals surface area contributed by atoms with Crippen LogP contribution in [0.15, 0.2) is 6.07 Å². The largest absolute Gasteiger partial charge is 0.477 e. The topological polar surface area (TPSA) is 123 Å². The van der Waals surface area contributed by atoms with Gasteiger partial charge in [-0.1, -0.05) is 0 Å². The lowest BCUT2D eigenvalue weighted by Gasteiger charge is -2.07. The molecule has 8 nitrogen and oxygen atoms in total. The molecule has 1 saturated carbocycles. The number of H-pyrrole nitrogens is 1. The summed E-state index contributed by atoms with van der Waals surface area (Å²) in [6, 6.07) is 1.28. The molecule has 114 valence electrons. The summed E-state index contributed by atoms with van der Waals surface area (Å²) in [7, 11) is 0. The van der Waals surface area contributed by atoms with Crippen molar-refractivity contribution in [1.82, 2.24) is 15.6 Å². The van der Waals surface area contributed by atoms with Crippen molar-refractivity contribution in [3.63, 3.8) is 0 Å². The van der Waals surface area contributed by atoms with E-state index in [-0.39, 0.29) is 30.3 Å². The summed E-state index contributed by atoms with van der Waals surface area (Å²) in [4.78, 5) is 36.7. The summed E-state index contributed by atoms with van der Waals surface area (Å²) in [5.41, 5.74) is 0.751. The highest BCUT2D eigenvalue weighted by atomic mass is 16.4. The Labute approximate surface area is 121 Å². The van der Waals surface area contributed by atoms with E-state index < -0.39 is 12.0 Å². The highest BCUT2D eigenvalue weighted by Crippen LogP contribution is 2.18. The molecule has 1 heterocycles. The average molecular weight is 294 g/mol. The maximum Gasteiger partial charge on any atom is 0.354 e. The number of aryl methyl sites for hydroxylation is 1. The third-order valence-electron chi connectivity index (χ3n) is 2.99. The molecule has 2 rings (SSSR count). The second kappa shape index (κ2) is 6.29. The zero-order valence-corrected chi connectivity index (χ0v) is 11.7. The van der Waals surface area contributed by atoms with Gasteiger partial charge in [-0.05, 0) is 25.8 Å². The molecule has 0 saturated heterocycles. The van der Waals surface area contributed by atoms with Crippen molar-refractivity contribution in [3.8, 4) is 0 Å². The standard InChI is InChI=1S/C13H18N4O4/c1-7-6-9(11(15-7)12(19)20)17-13(21)14-5-4-10(18)16-8-2-3-8/h6,8,15H,2-5H2,1H3,(H,16,18)(H,19,20)(H2,14,17,21). The van der Waals surface area contributed by atoms with Gasteiger partial charge in [0.05, 0.1) is 5.69 Å². The van der Waals surface area contributed by atoms with Crippen LogP contribution in [0.1, 0.15) is 35.4 Å². The fourth-order valence-electron chi connectivity index (χ4n) is 1.84. The van der Waals surface area contributed by atoms with E-state index >= 15 is 0 Å². The van der Waals surface area contributed by atoms with Crippen molar-refractivity contribution >= 4 is 23.6 Å². The molecule has 21 heavy (non-hydrogen) atoms. The Morgan fingerprint density at radius 3 is 2.71 bits per heavy atom. The number of hydrogen-bond acceptors (Lipinski definition) is 3. The van der Waals surface area contributed by atoms with Crippen LogP contribution in [0.25, 0.3) is 0 Å². The highest BCUT2D eigenvalue weighted by Gasteiger charge is 2.22. The second-order valence-electron chi connectivity index (χ2n) is 5.02. The van der Waals surface area contributed by atoms with Gasteiger partial charge in [0.25, 0.3) is 0 Å². The van der Waals surface area contributed by atoms with Crippen LogP contribution in [0.3, 0.4) is 0 Å². The summed E-state index contributed by atoms with van der Waals surface area (Å²) >= 11 is 0. The number of aromatic amines is 1. The minimum absolute atomic E-state index is 0.0749. The zero-order valence-electron chi connectivity index (χ0n) is 11.7. The third kappa shape index (κ3) is 4.51. The first-order chi connectivity index (χ1) is 9.95. The number of carbonyl (C=O) groups excluding carboxylic acids is 2. The molecule has 8 heteroatoms. The summed E-state index contributed by atoms with van der Waals surface area (Å²) in [5.74, 6) is -1.25. The van der Waals surface area contributed by atoms with Crippen LogP contribution in [0, 0.1) is 6.92 Å². The van der Waals surface area contributed by atoms with Crippen LogP contribution >= 0.6 is 0 Å².